The van der Waals surface area contributed by atoms with E-state index in [0.29, 0.717) is 32.0 Å². The fraction of sp³-hybridized carbons (Fsp3) is 0.375. The van der Waals surface area contributed by atoms with Gasteiger partial charge >= 0.3 is 0 Å². The van der Waals surface area contributed by atoms with Crippen molar-refractivity contribution >= 4 is 23.5 Å². The Balaban J connectivity index is 1.57. The second kappa shape index (κ2) is 9.54. The number of fused-ring (bicyclic) bond motifs is 3. The van der Waals surface area contributed by atoms with E-state index in [0.717, 1.165) is 47.2 Å². The quantitative estimate of drug-likeness (QED) is 0.601. The number of morpholine rings is 1. The molecule has 172 valence electrons. The van der Waals surface area contributed by atoms with Crippen molar-refractivity contribution in [3.63, 3.8) is 0 Å². The molecule has 1 N–H and O–H groups in total. The SMILES string of the molecule is CN(C)CCNc1cc(-n2nc(C(=O)N3CCOCC3)c3c2-c2ccccc2SC3)ccn1. The maximum atomic E-state index is 13.5. The molecule has 0 saturated carbocycles. The lowest BCUT2D eigenvalue weighted by Crippen LogP contribution is -2.41. The van der Waals surface area contributed by atoms with E-state index in [4.69, 9.17) is 9.84 Å². The number of likely N-dealkylation sites (N-methyl/N-ethyl adjacent to an activating group) is 1. The average molecular weight is 465 g/mol. The van der Waals surface area contributed by atoms with Crippen LogP contribution in [0.25, 0.3) is 16.9 Å². The number of hydrogen-bond acceptors (Lipinski definition) is 7. The molecule has 9 heteroatoms. The number of pyridine rings is 1. The summed E-state index contributed by atoms with van der Waals surface area (Å²) in [5, 5.41) is 8.27. The monoisotopic (exact) mass is 464 g/mol. The van der Waals surface area contributed by atoms with Crippen LogP contribution in [0.5, 0.6) is 0 Å². The number of hydrogen-bond donors (Lipinski definition) is 1. The number of ether oxygens (including phenoxy) is 1. The van der Waals surface area contributed by atoms with Crippen molar-refractivity contribution in [2.45, 2.75) is 10.6 Å². The van der Waals surface area contributed by atoms with E-state index < -0.39 is 0 Å². The Morgan fingerprint density at radius 1 is 1.21 bits per heavy atom. The summed E-state index contributed by atoms with van der Waals surface area (Å²) in [5.41, 5.74) is 4.51. The van der Waals surface area contributed by atoms with Crippen LogP contribution in [0.1, 0.15) is 16.1 Å². The third-order valence-corrected chi connectivity index (χ3v) is 6.95. The smallest absolute Gasteiger partial charge is 0.274 e. The van der Waals surface area contributed by atoms with Crippen LogP contribution in [0.3, 0.4) is 0 Å². The van der Waals surface area contributed by atoms with E-state index in [1.54, 1.807) is 18.0 Å². The van der Waals surface area contributed by atoms with E-state index in [1.807, 2.05) is 41.9 Å². The van der Waals surface area contributed by atoms with Gasteiger partial charge in [-0.05, 0) is 26.2 Å². The fourth-order valence-corrected chi connectivity index (χ4v) is 5.20. The molecule has 4 heterocycles. The molecule has 1 saturated heterocycles. The Bertz CT molecular complexity index is 1160. The minimum absolute atomic E-state index is 0.0216. The number of rotatable bonds is 6. The highest BCUT2D eigenvalue weighted by molar-refractivity contribution is 7.98. The molecule has 0 bridgehead atoms. The lowest BCUT2D eigenvalue weighted by Gasteiger charge is -2.26. The average Bonchev–Trinajstić information content (AvgIpc) is 3.24. The highest BCUT2D eigenvalue weighted by Gasteiger charge is 2.31. The summed E-state index contributed by atoms with van der Waals surface area (Å²) in [7, 11) is 4.09. The molecular weight excluding hydrogens is 436 g/mol. The summed E-state index contributed by atoms with van der Waals surface area (Å²) in [6, 6.07) is 12.3. The highest BCUT2D eigenvalue weighted by atomic mass is 32.2. The molecule has 8 nitrogen and oxygen atoms in total. The summed E-state index contributed by atoms with van der Waals surface area (Å²) >= 11 is 1.76. The van der Waals surface area contributed by atoms with Gasteiger partial charge in [-0.2, -0.15) is 5.10 Å². The minimum atomic E-state index is -0.0216. The second-order valence-corrected chi connectivity index (χ2v) is 9.42. The number of aromatic nitrogens is 3. The van der Waals surface area contributed by atoms with Crippen molar-refractivity contribution in [3.8, 4) is 16.9 Å². The van der Waals surface area contributed by atoms with Crippen LogP contribution >= 0.6 is 11.8 Å². The van der Waals surface area contributed by atoms with Gasteiger partial charge in [0.15, 0.2) is 5.69 Å². The zero-order chi connectivity index (χ0) is 22.8. The van der Waals surface area contributed by atoms with Gasteiger partial charge in [-0.1, -0.05) is 18.2 Å². The lowest BCUT2D eigenvalue weighted by atomic mass is 10.0. The van der Waals surface area contributed by atoms with Gasteiger partial charge in [0.2, 0.25) is 0 Å². The topological polar surface area (TPSA) is 75.5 Å². The largest absolute Gasteiger partial charge is 0.378 e. The molecule has 1 aromatic carbocycles. The highest BCUT2D eigenvalue weighted by Crippen LogP contribution is 2.43. The summed E-state index contributed by atoms with van der Waals surface area (Å²) in [6.07, 6.45) is 1.79. The molecular formula is C24H28N6O2S. The van der Waals surface area contributed by atoms with Crippen LogP contribution in [0, 0.1) is 0 Å². The number of amides is 1. The van der Waals surface area contributed by atoms with Gasteiger partial charge in [0.1, 0.15) is 5.82 Å². The van der Waals surface area contributed by atoms with E-state index in [2.05, 4.69) is 33.4 Å². The zero-order valence-electron chi connectivity index (χ0n) is 19.0. The van der Waals surface area contributed by atoms with Crippen LogP contribution in [-0.2, 0) is 10.5 Å². The Morgan fingerprint density at radius 2 is 2.03 bits per heavy atom. The van der Waals surface area contributed by atoms with E-state index in [9.17, 15) is 4.79 Å². The first-order valence-corrected chi connectivity index (χ1v) is 12.2. The molecule has 0 radical (unpaired) electrons. The number of benzene rings is 1. The van der Waals surface area contributed by atoms with E-state index >= 15 is 0 Å². The molecule has 2 aromatic heterocycles. The van der Waals surface area contributed by atoms with Crippen LogP contribution in [-0.4, -0.2) is 84.0 Å². The number of nitrogens with one attached hydrogen (secondary N) is 1. The molecule has 33 heavy (non-hydrogen) atoms. The van der Waals surface area contributed by atoms with Gasteiger partial charge in [-0.3, -0.25) is 4.79 Å². The molecule has 5 rings (SSSR count). The maximum absolute atomic E-state index is 13.5. The predicted molar refractivity (Wildman–Crippen MR) is 130 cm³/mol. The molecule has 0 aliphatic carbocycles. The molecule has 1 amide bonds. The summed E-state index contributed by atoms with van der Waals surface area (Å²) < 4.78 is 7.36. The van der Waals surface area contributed by atoms with Crippen LogP contribution in [0.4, 0.5) is 5.82 Å². The van der Waals surface area contributed by atoms with Crippen molar-refractivity contribution < 1.29 is 9.53 Å². The predicted octanol–water partition coefficient (Wildman–Crippen LogP) is 2.99. The van der Waals surface area contributed by atoms with E-state index in [1.165, 1.54) is 4.90 Å². The first kappa shape index (κ1) is 21.9. The van der Waals surface area contributed by atoms with Gasteiger partial charge in [-0.15, -0.1) is 11.8 Å². The Hall–Kier alpha value is -2.88. The molecule has 3 aromatic rings. The molecule has 0 spiro atoms. The van der Waals surface area contributed by atoms with Gasteiger partial charge in [0.05, 0.1) is 24.6 Å². The number of thioether (sulfide) groups is 1. The third-order valence-electron chi connectivity index (χ3n) is 5.85. The van der Waals surface area contributed by atoms with Gasteiger partial charge in [-0.25, -0.2) is 9.67 Å². The van der Waals surface area contributed by atoms with Crippen molar-refractivity contribution in [1.82, 2.24) is 24.6 Å². The minimum Gasteiger partial charge on any atom is -0.378 e. The first-order chi connectivity index (χ1) is 16.1. The molecule has 1 fully saturated rings. The van der Waals surface area contributed by atoms with Crippen molar-refractivity contribution in [2.75, 3.05) is 58.8 Å². The summed E-state index contributed by atoms with van der Waals surface area (Å²) in [4.78, 5) is 23.1. The van der Waals surface area contributed by atoms with Gasteiger partial charge in [0, 0.05) is 60.2 Å². The number of carbonyl (C=O) groups excluding carboxylic acids is 1. The molecule has 2 aliphatic rings. The Kier molecular flexibility index (Phi) is 6.34. The third kappa shape index (κ3) is 4.48. The standard InChI is InChI=1S/C24H28N6O2S/c1-28(2)10-9-26-21-15-17(7-8-25-21)30-23-18-5-3-4-6-20(18)33-16-19(23)22(27-30)24(31)29-11-13-32-14-12-29/h3-8,15H,9-14,16H2,1-2H3,(H,25,26). The lowest BCUT2D eigenvalue weighted by molar-refractivity contribution is 0.0298. The second-order valence-electron chi connectivity index (χ2n) is 8.41. The van der Waals surface area contributed by atoms with Crippen molar-refractivity contribution in [3.05, 3.63) is 53.9 Å². The van der Waals surface area contributed by atoms with Gasteiger partial charge in [0.25, 0.3) is 5.91 Å². The molecule has 0 unspecified atom stereocenters. The number of nitrogens with zero attached hydrogens (tertiary/aromatic N) is 5. The zero-order valence-corrected chi connectivity index (χ0v) is 19.8. The number of anilines is 1. The summed E-state index contributed by atoms with van der Waals surface area (Å²) in [5.74, 6) is 1.49. The van der Waals surface area contributed by atoms with Crippen LogP contribution < -0.4 is 5.32 Å². The summed E-state index contributed by atoms with van der Waals surface area (Å²) in [6.45, 7) is 4.03. The molecule has 0 atom stereocenters. The maximum Gasteiger partial charge on any atom is 0.274 e. The van der Waals surface area contributed by atoms with E-state index in [-0.39, 0.29) is 5.91 Å². The molecule has 2 aliphatic heterocycles. The Morgan fingerprint density at radius 3 is 2.85 bits per heavy atom. The first-order valence-electron chi connectivity index (χ1n) is 11.2. The van der Waals surface area contributed by atoms with Crippen molar-refractivity contribution in [2.24, 2.45) is 0 Å². The van der Waals surface area contributed by atoms with Crippen molar-refractivity contribution in [1.29, 1.82) is 0 Å². The fourth-order valence-electron chi connectivity index (χ4n) is 4.13. The van der Waals surface area contributed by atoms with Gasteiger partial charge < -0.3 is 19.9 Å². The van der Waals surface area contributed by atoms with Crippen LogP contribution in [0.2, 0.25) is 0 Å². The normalized spacial score (nSPS) is 15.3. The Labute approximate surface area is 197 Å². The number of carbonyl (C=O) groups is 1. The van der Waals surface area contributed by atoms with Crippen LogP contribution in [0.15, 0.2) is 47.5 Å².